The molecule has 10 heteroatoms. The topological polar surface area (TPSA) is 121 Å². The zero-order valence-corrected chi connectivity index (χ0v) is 19.8. The molecule has 3 heterocycles. The largest absolute Gasteiger partial charge is 0.507 e. The number of hydrogen-bond acceptors (Lipinski definition) is 8. The zero-order valence-electron chi connectivity index (χ0n) is 19.0. The lowest BCUT2D eigenvalue weighted by atomic mass is 9.97. The summed E-state index contributed by atoms with van der Waals surface area (Å²) < 4.78 is 11.2. The van der Waals surface area contributed by atoms with E-state index in [1.54, 1.807) is 11.8 Å². The third-order valence-electron chi connectivity index (χ3n) is 6.14. The van der Waals surface area contributed by atoms with Gasteiger partial charge in [-0.25, -0.2) is 4.79 Å². The van der Waals surface area contributed by atoms with Crippen molar-refractivity contribution in [3.05, 3.63) is 34.4 Å². The van der Waals surface area contributed by atoms with Crippen LogP contribution in [0, 0.1) is 0 Å². The third kappa shape index (κ3) is 5.82. The van der Waals surface area contributed by atoms with E-state index in [1.807, 2.05) is 12.2 Å². The van der Waals surface area contributed by atoms with Crippen molar-refractivity contribution in [1.29, 1.82) is 0 Å². The van der Waals surface area contributed by atoms with Crippen LogP contribution in [0.25, 0.3) is 0 Å². The van der Waals surface area contributed by atoms with Gasteiger partial charge in [0, 0.05) is 31.9 Å². The molecule has 4 rings (SSSR count). The third-order valence-corrected chi connectivity index (χ3v) is 6.56. The van der Waals surface area contributed by atoms with Gasteiger partial charge in [-0.1, -0.05) is 28.9 Å². The Morgan fingerprint density at radius 2 is 2.09 bits per heavy atom. The van der Waals surface area contributed by atoms with Crippen LogP contribution in [0.15, 0.2) is 23.4 Å². The van der Waals surface area contributed by atoms with Crippen LogP contribution >= 0.6 is 11.6 Å². The monoisotopic (exact) mass is 492 g/mol. The summed E-state index contributed by atoms with van der Waals surface area (Å²) in [6.45, 7) is 3.15. The smallest absolute Gasteiger partial charge is 0.342 e. The number of cyclic esters (lactones) is 1. The van der Waals surface area contributed by atoms with E-state index in [9.17, 15) is 19.8 Å². The van der Waals surface area contributed by atoms with E-state index >= 15 is 0 Å². The van der Waals surface area contributed by atoms with Crippen molar-refractivity contribution in [3.63, 3.8) is 0 Å². The first-order valence-corrected chi connectivity index (χ1v) is 11.9. The van der Waals surface area contributed by atoms with Crippen molar-refractivity contribution in [3.8, 4) is 11.5 Å². The minimum Gasteiger partial charge on any atom is -0.507 e. The first kappa shape index (κ1) is 24.3. The number of phenols is 2. The summed E-state index contributed by atoms with van der Waals surface area (Å²) >= 11 is 6.35. The van der Waals surface area contributed by atoms with E-state index in [0.717, 1.165) is 19.0 Å². The Kier molecular flexibility index (Phi) is 7.63. The highest BCUT2D eigenvalue weighted by Gasteiger charge is 2.38. The number of likely N-dealkylation sites (tertiary alicyclic amines) is 1. The fourth-order valence-corrected chi connectivity index (χ4v) is 4.51. The highest BCUT2D eigenvalue weighted by atomic mass is 35.5. The molecular formula is C24H29ClN2O7. The van der Waals surface area contributed by atoms with Crippen LogP contribution in [0.4, 0.5) is 0 Å². The lowest BCUT2D eigenvalue weighted by molar-refractivity contribution is -0.128. The molecule has 0 aromatic heterocycles. The molecule has 1 aromatic rings. The number of aromatic hydroxyl groups is 2. The molecule has 0 aliphatic carbocycles. The van der Waals surface area contributed by atoms with Crippen LogP contribution in [0.1, 0.15) is 54.9 Å². The lowest BCUT2D eigenvalue weighted by Crippen LogP contribution is -2.28. The zero-order chi connectivity index (χ0) is 24.2. The number of nitrogens with zero attached hydrogens (tertiary/aromatic N) is 2. The lowest BCUT2D eigenvalue weighted by Gasteiger charge is -2.18. The number of phenolic OH excluding ortho intramolecular Hbond substituents is 2. The molecule has 0 saturated carbocycles. The first-order chi connectivity index (χ1) is 16.3. The summed E-state index contributed by atoms with van der Waals surface area (Å²) in [4.78, 5) is 32.0. The van der Waals surface area contributed by atoms with E-state index in [2.05, 4.69) is 5.16 Å². The molecule has 2 N–H and O–H groups in total. The highest BCUT2D eigenvalue weighted by Crippen LogP contribution is 2.38. The second kappa shape index (κ2) is 10.7. The fourth-order valence-electron chi connectivity index (χ4n) is 4.29. The maximum absolute atomic E-state index is 12.9. The minimum atomic E-state index is -0.737. The predicted molar refractivity (Wildman–Crippen MR) is 124 cm³/mol. The summed E-state index contributed by atoms with van der Waals surface area (Å²) in [6.07, 6.45) is 6.67. The van der Waals surface area contributed by atoms with Gasteiger partial charge in [0.15, 0.2) is 0 Å². The molecular weight excluding hydrogens is 464 g/mol. The van der Waals surface area contributed by atoms with Gasteiger partial charge in [0.05, 0.1) is 23.4 Å². The van der Waals surface area contributed by atoms with Crippen molar-refractivity contribution in [2.75, 3.05) is 19.7 Å². The molecule has 34 heavy (non-hydrogen) atoms. The molecule has 0 unspecified atom stereocenters. The number of rotatable bonds is 4. The second-order valence-corrected chi connectivity index (χ2v) is 9.17. The maximum Gasteiger partial charge on any atom is 0.342 e. The quantitative estimate of drug-likeness (QED) is 0.217. The van der Waals surface area contributed by atoms with Crippen LogP contribution in [-0.4, -0.2) is 70.7 Å². The average molecular weight is 493 g/mol. The number of esters is 1. The van der Waals surface area contributed by atoms with E-state index in [-0.39, 0.29) is 53.0 Å². The van der Waals surface area contributed by atoms with E-state index in [4.69, 9.17) is 25.9 Å². The number of oxime groups is 1. The Morgan fingerprint density at radius 1 is 1.26 bits per heavy atom. The predicted octanol–water partition coefficient (Wildman–Crippen LogP) is 3.34. The molecule has 3 aliphatic rings. The molecule has 3 aliphatic heterocycles. The van der Waals surface area contributed by atoms with Crippen molar-refractivity contribution < 1.29 is 34.1 Å². The normalized spacial score (nSPS) is 27.5. The SMILES string of the molecule is C[C@@H]1C[C@@H]2O[C@H]2/C=C\CC/C(=N/OCCN2CCCC2=O)Cc2c(Cl)c(O)cc(O)c2C(=O)O1. The van der Waals surface area contributed by atoms with E-state index in [0.29, 0.717) is 37.9 Å². The van der Waals surface area contributed by atoms with Gasteiger partial charge in [0.2, 0.25) is 5.91 Å². The summed E-state index contributed by atoms with van der Waals surface area (Å²) in [5.41, 5.74) is 0.678. The Balaban J connectivity index is 1.57. The van der Waals surface area contributed by atoms with Gasteiger partial charge >= 0.3 is 5.97 Å². The van der Waals surface area contributed by atoms with Crippen LogP contribution in [0.2, 0.25) is 5.02 Å². The van der Waals surface area contributed by atoms with Gasteiger partial charge in [-0.2, -0.15) is 0 Å². The number of hydrogen-bond donors (Lipinski definition) is 2. The van der Waals surface area contributed by atoms with Crippen molar-refractivity contribution in [2.24, 2.45) is 5.16 Å². The number of amides is 1. The molecule has 2 fully saturated rings. The minimum absolute atomic E-state index is 0.00851. The number of halogens is 1. The molecule has 1 amide bonds. The number of allylic oxidation sites excluding steroid dienone is 1. The van der Waals surface area contributed by atoms with Gasteiger partial charge in [0.25, 0.3) is 0 Å². The van der Waals surface area contributed by atoms with Gasteiger partial charge in [-0.15, -0.1) is 0 Å². The van der Waals surface area contributed by atoms with Gasteiger partial charge in [-0.05, 0) is 31.7 Å². The summed E-state index contributed by atoms with van der Waals surface area (Å²) in [5.74, 6) is -1.39. The summed E-state index contributed by atoms with van der Waals surface area (Å²) in [6, 6.07) is 1.03. The molecule has 3 atom stereocenters. The molecule has 2 saturated heterocycles. The maximum atomic E-state index is 12.9. The van der Waals surface area contributed by atoms with Crippen LogP contribution in [0.5, 0.6) is 11.5 Å². The number of fused-ring (bicyclic) bond motifs is 2. The van der Waals surface area contributed by atoms with Gasteiger partial charge < -0.3 is 29.4 Å². The van der Waals surface area contributed by atoms with Crippen molar-refractivity contribution >= 4 is 29.2 Å². The first-order valence-electron chi connectivity index (χ1n) is 11.6. The molecule has 0 radical (unpaired) electrons. The number of ether oxygens (including phenoxy) is 2. The standard InChI is InChI=1S/C24H29ClN2O7/c1-14-11-20-19(34-20)6-3-2-5-15(26-32-10-9-27-8-4-7-21(27)30)12-16-22(24(31)33-14)17(28)13-18(29)23(16)25/h3,6,13-14,19-20,28-29H,2,4-5,7-12H2,1H3/b6-3-,26-15-/t14-,19+,20+/m1/s1. The van der Waals surface area contributed by atoms with Crippen molar-refractivity contribution in [1.82, 2.24) is 4.90 Å². The Morgan fingerprint density at radius 3 is 2.85 bits per heavy atom. The average Bonchev–Trinajstić information content (AvgIpc) is 3.38. The Bertz CT molecular complexity index is 1010. The van der Waals surface area contributed by atoms with E-state index < -0.39 is 17.8 Å². The highest BCUT2D eigenvalue weighted by molar-refractivity contribution is 6.33. The van der Waals surface area contributed by atoms with Crippen LogP contribution in [-0.2, 0) is 25.5 Å². The van der Waals surface area contributed by atoms with Crippen LogP contribution < -0.4 is 0 Å². The van der Waals surface area contributed by atoms with Crippen LogP contribution in [0.3, 0.4) is 0 Å². The number of carbonyl (C=O) groups is 2. The molecule has 0 spiro atoms. The molecule has 0 bridgehead atoms. The second-order valence-electron chi connectivity index (χ2n) is 8.79. The van der Waals surface area contributed by atoms with E-state index in [1.165, 1.54) is 0 Å². The number of benzene rings is 1. The fraction of sp³-hybridized carbons (Fsp3) is 0.542. The summed E-state index contributed by atoms with van der Waals surface area (Å²) in [7, 11) is 0. The molecule has 9 nitrogen and oxygen atoms in total. The summed E-state index contributed by atoms with van der Waals surface area (Å²) in [5, 5.41) is 24.8. The van der Waals surface area contributed by atoms with Gasteiger partial charge in [-0.3, -0.25) is 4.79 Å². The van der Waals surface area contributed by atoms with Gasteiger partial charge in [0.1, 0.15) is 35.9 Å². The van der Waals surface area contributed by atoms with Crippen molar-refractivity contribution in [2.45, 2.75) is 63.8 Å². The molecule has 1 aromatic carbocycles. The Hall–Kier alpha value is -2.78. The number of epoxide rings is 1. The molecule has 184 valence electrons. The Labute approximate surface area is 202 Å². The number of carbonyl (C=O) groups excluding carboxylic acids is 2.